The number of benzene rings is 1. The standard InChI is InChI=1S/C17H17F2N3OS/c1-3-14-21-16(11-6-7-24-17(11)22-14)20-9(2)15(23)10-4-5-12(18)13(19)8-10/h4-9,15,23H,3H2,1-2H3,(H,20,21,22). The molecule has 2 heterocycles. The normalized spacial score (nSPS) is 13.9. The Morgan fingerprint density at radius 2 is 2.00 bits per heavy atom. The van der Waals surface area contributed by atoms with Gasteiger partial charge in [0, 0.05) is 6.42 Å². The molecule has 0 spiro atoms. The lowest BCUT2D eigenvalue weighted by molar-refractivity contribution is 0.160. The van der Waals surface area contributed by atoms with Gasteiger partial charge in [-0.25, -0.2) is 18.7 Å². The molecular weight excluding hydrogens is 332 g/mol. The molecular formula is C17H17F2N3OS. The zero-order valence-corrected chi connectivity index (χ0v) is 14.1. The van der Waals surface area contributed by atoms with Crippen molar-refractivity contribution in [2.24, 2.45) is 0 Å². The van der Waals surface area contributed by atoms with Crippen LogP contribution in [0.15, 0.2) is 29.6 Å². The molecule has 0 saturated heterocycles. The molecule has 0 radical (unpaired) electrons. The number of rotatable bonds is 5. The summed E-state index contributed by atoms with van der Waals surface area (Å²) < 4.78 is 26.4. The Morgan fingerprint density at radius 3 is 2.71 bits per heavy atom. The van der Waals surface area contributed by atoms with Gasteiger partial charge in [0.15, 0.2) is 11.6 Å². The van der Waals surface area contributed by atoms with Crippen LogP contribution in [0.4, 0.5) is 14.6 Å². The van der Waals surface area contributed by atoms with Gasteiger partial charge in [0.2, 0.25) is 0 Å². The van der Waals surface area contributed by atoms with Crippen molar-refractivity contribution in [2.45, 2.75) is 32.4 Å². The number of hydrogen-bond donors (Lipinski definition) is 2. The van der Waals surface area contributed by atoms with Gasteiger partial charge in [0.25, 0.3) is 0 Å². The minimum atomic E-state index is -1.01. The van der Waals surface area contributed by atoms with E-state index < -0.39 is 23.8 Å². The number of thiophene rings is 1. The van der Waals surface area contributed by atoms with Gasteiger partial charge in [-0.3, -0.25) is 0 Å². The molecule has 2 aromatic heterocycles. The molecule has 1 aromatic carbocycles. The van der Waals surface area contributed by atoms with E-state index in [0.717, 1.165) is 22.3 Å². The summed E-state index contributed by atoms with van der Waals surface area (Å²) >= 11 is 1.52. The molecule has 4 nitrogen and oxygen atoms in total. The van der Waals surface area contributed by atoms with Crippen molar-refractivity contribution in [3.05, 3.63) is 52.7 Å². The molecule has 0 amide bonds. The Balaban J connectivity index is 1.87. The van der Waals surface area contributed by atoms with Gasteiger partial charge in [-0.1, -0.05) is 13.0 Å². The van der Waals surface area contributed by atoms with Crippen molar-refractivity contribution in [2.75, 3.05) is 5.32 Å². The number of halogens is 2. The molecule has 2 unspecified atom stereocenters. The van der Waals surface area contributed by atoms with Crippen molar-refractivity contribution < 1.29 is 13.9 Å². The van der Waals surface area contributed by atoms with Crippen LogP contribution in [0.1, 0.15) is 31.3 Å². The number of hydrogen-bond acceptors (Lipinski definition) is 5. The second-order valence-electron chi connectivity index (χ2n) is 5.53. The molecule has 2 atom stereocenters. The van der Waals surface area contributed by atoms with Crippen molar-refractivity contribution in [3.8, 4) is 0 Å². The molecule has 126 valence electrons. The molecule has 3 aromatic rings. The first-order valence-electron chi connectivity index (χ1n) is 7.63. The van der Waals surface area contributed by atoms with Gasteiger partial charge in [-0.2, -0.15) is 0 Å². The molecule has 0 fully saturated rings. The topological polar surface area (TPSA) is 58.0 Å². The summed E-state index contributed by atoms with van der Waals surface area (Å²) in [6, 6.07) is 4.86. The number of aliphatic hydroxyl groups is 1. The zero-order chi connectivity index (χ0) is 17.3. The van der Waals surface area contributed by atoms with E-state index in [0.29, 0.717) is 23.6 Å². The first-order valence-corrected chi connectivity index (χ1v) is 8.51. The minimum absolute atomic E-state index is 0.306. The average Bonchev–Trinajstić information content (AvgIpc) is 3.05. The number of anilines is 1. The maximum atomic E-state index is 13.4. The predicted octanol–water partition coefficient (Wildman–Crippen LogP) is 4.07. The Labute approximate surface area is 142 Å². The van der Waals surface area contributed by atoms with Gasteiger partial charge < -0.3 is 10.4 Å². The van der Waals surface area contributed by atoms with E-state index in [-0.39, 0.29) is 0 Å². The summed E-state index contributed by atoms with van der Waals surface area (Å²) in [5.41, 5.74) is 0.306. The monoisotopic (exact) mass is 349 g/mol. The molecule has 3 rings (SSSR count). The van der Waals surface area contributed by atoms with Crippen LogP contribution in [0.2, 0.25) is 0 Å². The van der Waals surface area contributed by atoms with Crippen LogP contribution in [-0.4, -0.2) is 21.1 Å². The maximum absolute atomic E-state index is 13.4. The molecule has 2 N–H and O–H groups in total. The van der Waals surface area contributed by atoms with Crippen LogP contribution in [0.5, 0.6) is 0 Å². The summed E-state index contributed by atoms with van der Waals surface area (Å²) in [5.74, 6) is -0.571. The van der Waals surface area contributed by atoms with E-state index in [2.05, 4.69) is 15.3 Å². The molecule has 0 bridgehead atoms. The fraction of sp³-hybridized carbons (Fsp3) is 0.294. The fourth-order valence-electron chi connectivity index (χ4n) is 2.45. The second kappa shape index (κ2) is 6.78. The highest BCUT2D eigenvalue weighted by molar-refractivity contribution is 7.16. The fourth-order valence-corrected chi connectivity index (χ4v) is 3.23. The van der Waals surface area contributed by atoms with E-state index >= 15 is 0 Å². The number of nitrogens with one attached hydrogen (secondary N) is 1. The van der Waals surface area contributed by atoms with Crippen LogP contribution in [0.25, 0.3) is 10.2 Å². The van der Waals surface area contributed by atoms with Gasteiger partial charge >= 0.3 is 0 Å². The van der Waals surface area contributed by atoms with Crippen LogP contribution in [0.3, 0.4) is 0 Å². The third-order valence-corrected chi connectivity index (χ3v) is 4.62. The zero-order valence-electron chi connectivity index (χ0n) is 13.3. The number of nitrogens with zero attached hydrogens (tertiary/aromatic N) is 2. The van der Waals surface area contributed by atoms with E-state index in [1.54, 1.807) is 6.92 Å². The van der Waals surface area contributed by atoms with E-state index in [1.807, 2.05) is 18.4 Å². The summed E-state index contributed by atoms with van der Waals surface area (Å²) in [7, 11) is 0. The summed E-state index contributed by atoms with van der Waals surface area (Å²) in [4.78, 5) is 9.81. The number of aromatic nitrogens is 2. The van der Waals surface area contributed by atoms with E-state index in [9.17, 15) is 13.9 Å². The van der Waals surface area contributed by atoms with E-state index in [4.69, 9.17) is 0 Å². The van der Waals surface area contributed by atoms with Crippen molar-refractivity contribution in [3.63, 3.8) is 0 Å². The summed E-state index contributed by atoms with van der Waals surface area (Å²) in [5, 5.41) is 16.4. The predicted molar refractivity (Wildman–Crippen MR) is 91.2 cm³/mol. The lowest BCUT2D eigenvalue weighted by atomic mass is 10.0. The SMILES string of the molecule is CCc1nc(NC(C)C(O)c2ccc(F)c(F)c2)c2ccsc2n1. The highest BCUT2D eigenvalue weighted by Crippen LogP contribution is 2.28. The number of aryl methyl sites for hydroxylation is 1. The summed E-state index contributed by atoms with van der Waals surface area (Å²) in [6.07, 6.45) is -0.309. The Kier molecular flexibility index (Phi) is 4.73. The van der Waals surface area contributed by atoms with Gasteiger partial charge in [0.05, 0.1) is 17.5 Å². The van der Waals surface area contributed by atoms with E-state index in [1.165, 1.54) is 17.4 Å². The first kappa shape index (κ1) is 16.7. The molecule has 0 aliphatic heterocycles. The lowest BCUT2D eigenvalue weighted by Gasteiger charge is -2.22. The smallest absolute Gasteiger partial charge is 0.159 e. The Morgan fingerprint density at radius 1 is 1.21 bits per heavy atom. The third kappa shape index (κ3) is 3.22. The first-order chi connectivity index (χ1) is 11.5. The highest BCUT2D eigenvalue weighted by Gasteiger charge is 2.20. The van der Waals surface area contributed by atoms with Crippen molar-refractivity contribution in [1.29, 1.82) is 0 Å². The third-order valence-electron chi connectivity index (χ3n) is 3.81. The second-order valence-corrected chi connectivity index (χ2v) is 6.43. The number of fused-ring (bicyclic) bond motifs is 1. The van der Waals surface area contributed by atoms with Gasteiger partial charge in [-0.05, 0) is 36.1 Å². The molecule has 0 aliphatic carbocycles. The minimum Gasteiger partial charge on any atom is -0.386 e. The van der Waals surface area contributed by atoms with Crippen molar-refractivity contribution >= 4 is 27.4 Å². The lowest BCUT2D eigenvalue weighted by Crippen LogP contribution is -2.25. The molecule has 0 aliphatic rings. The average molecular weight is 349 g/mol. The largest absolute Gasteiger partial charge is 0.386 e. The number of aliphatic hydroxyl groups excluding tert-OH is 1. The summed E-state index contributed by atoms with van der Waals surface area (Å²) in [6.45, 7) is 3.73. The van der Waals surface area contributed by atoms with Crippen molar-refractivity contribution in [1.82, 2.24) is 9.97 Å². The van der Waals surface area contributed by atoms with Crippen LogP contribution >= 0.6 is 11.3 Å². The maximum Gasteiger partial charge on any atom is 0.159 e. The Hall–Kier alpha value is -2.12. The van der Waals surface area contributed by atoms with Crippen LogP contribution in [-0.2, 0) is 6.42 Å². The van der Waals surface area contributed by atoms with Crippen LogP contribution < -0.4 is 5.32 Å². The van der Waals surface area contributed by atoms with Crippen LogP contribution in [0, 0.1) is 11.6 Å². The quantitative estimate of drug-likeness (QED) is 0.729. The molecule has 7 heteroatoms. The Bertz CT molecular complexity index is 868. The van der Waals surface area contributed by atoms with Gasteiger partial charge in [0.1, 0.15) is 16.5 Å². The van der Waals surface area contributed by atoms with Gasteiger partial charge in [-0.15, -0.1) is 11.3 Å². The molecule has 24 heavy (non-hydrogen) atoms. The highest BCUT2D eigenvalue weighted by atomic mass is 32.1. The molecule has 0 saturated carbocycles.